The highest BCUT2D eigenvalue weighted by Crippen LogP contribution is 2.21. The zero-order chi connectivity index (χ0) is 13.9. The Morgan fingerprint density at radius 2 is 1.55 bits per heavy atom. The zero-order valence-electron chi connectivity index (χ0n) is 10.6. The van der Waals surface area contributed by atoms with Crippen LogP contribution in [0.4, 0.5) is 0 Å². The summed E-state index contributed by atoms with van der Waals surface area (Å²) < 4.78 is 5.31. The third-order valence-corrected chi connectivity index (χ3v) is 3.06. The lowest BCUT2D eigenvalue weighted by molar-refractivity contribution is 0.0736. The van der Waals surface area contributed by atoms with Gasteiger partial charge in [-0.05, 0) is 41.1 Å². The number of fused-ring (bicyclic) bond motifs is 1. The van der Waals surface area contributed by atoms with Gasteiger partial charge >= 0.3 is 5.97 Å². The average molecular weight is 264 g/mol. The molecule has 0 spiro atoms. The number of benzene rings is 3. The standard InChI is InChI=1S/C17H12O3/c18-13-8-10-14(11-9-13)20-17(19)16-7-3-5-12-4-1-2-6-15(12)16/h1-11,18H. The molecule has 0 unspecified atom stereocenters. The molecule has 0 aliphatic heterocycles. The van der Waals surface area contributed by atoms with Crippen LogP contribution in [0.15, 0.2) is 66.7 Å². The van der Waals surface area contributed by atoms with Crippen molar-refractivity contribution in [3.05, 3.63) is 72.3 Å². The van der Waals surface area contributed by atoms with Crippen LogP contribution in [0, 0.1) is 0 Å². The van der Waals surface area contributed by atoms with Gasteiger partial charge in [0.25, 0.3) is 0 Å². The molecule has 0 aliphatic carbocycles. The number of esters is 1. The summed E-state index contributed by atoms with van der Waals surface area (Å²) in [5, 5.41) is 11.1. The Balaban J connectivity index is 1.94. The second kappa shape index (κ2) is 5.05. The molecule has 98 valence electrons. The van der Waals surface area contributed by atoms with Crippen LogP contribution in [0.5, 0.6) is 11.5 Å². The second-order valence-electron chi connectivity index (χ2n) is 4.41. The monoisotopic (exact) mass is 264 g/mol. The van der Waals surface area contributed by atoms with Crippen molar-refractivity contribution in [1.29, 1.82) is 0 Å². The van der Waals surface area contributed by atoms with Gasteiger partial charge in [-0.1, -0.05) is 36.4 Å². The minimum atomic E-state index is -0.410. The lowest BCUT2D eigenvalue weighted by Crippen LogP contribution is -2.08. The number of hydrogen-bond donors (Lipinski definition) is 1. The number of carbonyl (C=O) groups excluding carboxylic acids is 1. The maximum Gasteiger partial charge on any atom is 0.344 e. The molecule has 3 aromatic carbocycles. The number of aromatic hydroxyl groups is 1. The SMILES string of the molecule is O=C(Oc1ccc(O)cc1)c1cccc2ccccc12. The van der Waals surface area contributed by atoms with Crippen LogP contribution in [0.1, 0.15) is 10.4 Å². The van der Waals surface area contributed by atoms with Gasteiger partial charge in [-0.2, -0.15) is 0 Å². The molecule has 3 aromatic rings. The van der Waals surface area contributed by atoms with Gasteiger partial charge in [0.1, 0.15) is 11.5 Å². The molecule has 3 rings (SSSR count). The third kappa shape index (κ3) is 2.34. The molecule has 0 radical (unpaired) electrons. The van der Waals surface area contributed by atoms with Crippen LogP contribution < -0.4 is 4.74 Å². The lowest BCUT2D eigenvalue weighted by Gasteiger charge is -2.07. The predicted molar refractivity (Wildman–Crippen MR) is 77.0 cm³/mol. The molecule has 0 saturated heterocycles. The van der Waals surface area contributed by atoms with E-state index in [1.54, 1.807) is 18.2 Å². The summed E-state index contributed by atoms with van der Waals surface area (Å²) in [5.74, 6) is 0.128. The van der Waals surface area contributed by atoms with E-state index in [-0.39, 0.29) is 5.75 Å². The molecule has 3 heteroatoms. The Bertz CT molecular complexity index is 755. The fourth-order valence-corrected chi connectivity index (χ4v) is 2.08. The van der Waals surface area contributed by atoms with E-state index >= 15 is 0 Å². The Kier molecular flexibility index (Phi) is 3.09. The summed E-state index contributed by atoms with van der Waals surface area (Å²) in [4.78, 5) is 12.2. The first-order valence-electron chi connectivity index (χ1n) is 6.23. The van der Waals surface area contributed by atoms with Crippen molar-refractivity contribution in [2.24, 2.45) is 0 Å². The first kappa shape index (κ1) is 12.2. The first-order valence-corrected chi connectivity index (χ1v) is 6.23. The van der Waals surface area contributed by atoms with Crippen molar-refractivity contribution in [3.8, 4) is 11.5 Å². The molecule has 3 nitrogen and oxygen atoms in total. The fourth-order valence-electron chi connectivity index (χ4n) is 2.08. The van der Waals surface area contributed by atoms with Crippen molar-refractivity contribution < 1.29 is 14.6 Å². The van der Waals surface area contributed by atoms with Crippen LogP contribution in [0.3, 0.4) is 0 Å². The summed E-state index contributed by atoms with van der Waals surface area (Å²) in [6.45, 7) is 0. The van der Waals surface area contributed by atoms with E-state index in [4.69, 9.17) is 4.74 Å². The van der Waals surface area contributed by atoms with Gasteiger partial charge in [-0.25, -0.2) is 4.79 Å². The zero-order valence-corrected chi connectivity index (χ0v) is 10.6. The molecule has 1 N–H and O–H groups in total. The number of ether oxygens (including phenoxy) is 1. The van der Waals surface area contributed by atoms with Crippen LogP contribution in [-0.2, 0) is 0 Å². The molecule has 0 atom stereocenters. The largest absolute Gasteiger partial charge is 0.508 e. The number of phenolic OH excluding ortho intramolecular Hbond substituents is 1. The molecule has 0 bridgehead atoms. The van der Waals surface area contributed by atoms with Gasteiger partial charge in [-0.15, -0.1) is 0 Å². The summed E-state index contributed by atoms with van der Waals surface area (Å²) >= 11 is 0. The number of carbonyl (C=O) groups is 1. The minimum Gasteiger partial charge on any atom is -0.508 e. The quantitative estimate of drug-likeness (QED) is 0.566. The van der Waals surface area contributed by atoms with Crippen molar-refractivity contribution in [3.63, 3.8) is 0 Å². The van der Waals surface area contributed by atoms with Crippen molar-refractivity contribution >= 4 is 16.7 Å². The topological polar surface area (TPSA) is 46.5 Å². The molecular weight excluding hydrogens is 252 g/mol. The van der Waals surface area contributed by atoms with Crippen LogP contribution >= 0.6 is 0 Å². The first-order chi connectivity index (χ1) is 9.74. The van der Waals surface area contributed by atoms with Crippen molar-refractivity contribution in [2.75, 3.05) is 0 Å². The van der Waals surface area contributed by atoms with Crippen LogP contribution in [-0.4, -0.2) is 11.1 Å². The van der Waals surface area contributed by atoms with Crippen molar-refractivity contribution in [2.45, 2.75) is 0 Å². The molecule has 0 fully saturated rings. The highest BCUT2D eigenvalue weighted by atomic mass is 16.5. The van der Waals surface area contributed by atoms with Gasteiger partial charge < -0.3 is 9.84 Å². The van der Waals surface area contributed by atoms with E-state index in [0.29, 0.717) is 11.3 Å². The van der Waals surface area contributed by atoms with Gasteiger partial charge in [0.05, 0.1) is 5.56 Å². The molecule has 0 amide bonds. The minimum absolute atomic E-state index is 0.134. The van der Waals surface area contributed by atoms with Gasteiger partial charge in [0.2, 0.25) is 0 Å². The van der Waals surface area contributed by atoms with E-state index in [2.05, 4.69) is 0 Å². The molecule has 0 heterocycles. The number of rotatable bonds is 2. The molecule has 0 aromatic heterocycles. The Labute approximate surface area is 116 Å². The fraction of sp³-hybridized carbons (Fsp3) is 0. The van der Waals surface area contributed by atoms with Crippen molar-refractivity contribution in [1.82, 2.24) is 0 Å². The predicted octanol–water partition coefficient (Wildman–Crippen LogP) is 3.76. The number of phenols is 1. The molecule has 0 aliphatic rings. The average Bonchev–Trinajstić information content (AvgIpc) is 2.49. The lowest BCUT2D eigenvalue weighted by atomic mass is 10.0. The summed E-state index contributed by atoms with van der Waals surface area (Å²) in [6.07, 6.45) is 0. The van der Waals surface area contributed by atoms with Crippen LogP contribution in [0.25, 0.3) is 10.8 Å². The maximum absolute atomic E-state index is 12.2. The molecular formula is C17H12O3. The summed E-state index contributed by atoms with van der Waals surface area (Å²) in [7, 11) is 0. The number of hydrogen-bond acceptors (Lipinski definition) is 3. The Hall–Kier alpha value is -2.81. The molecule has 20 heavy (non-hydrogen) atoms. The summed E-state index contributed by atoms with van der Waals surface area (Å²) in [5.41, 5.74) is 0.524. The smallest absolute Gasteiger partial charge is 0.344 e. The molecule has 0 saturated carbocycles. The normalized spacial score (nSPS) is 10.4. The Morgan fingerprint density at radius 3 is 2.35 bits per heavy atom. The van der Waals surface area contributed by atoms with E-state index in [0.717, 1.165) is 10.8 Å². The van der Waals surface area contributed by atoms with E-state index in [9.17, 15) is 9.90 Å². The maximum atomic E-state index is 12.2. The third-order valence-electron chi connectivity index (χ3n) is 3.06. The highest BCUT2D eigenvalue weighted by Gasteiger charge is 2.11. The van der Waals surface area contributed by atoms with Gasteiger partial charge in [0, 0.05) is 0 Å². The Morgan fingerprint density at radius 1 is 0.850 bits per heavy atom. The highest BCUT2D eigenvalue weighted by molar-refractivity contribution is 6.05. The van der Waals surface area contributed by atoms with E-state index < -0.39 is 5.97 Å². The van der Waals surface area contributed by atoms with Gasteiger partial charge in [0.15, 0.2) is 0 Å². The van der Waals surface area contributed by atoms with Gasteiger partial charge in [-0.3, -0.25) is 0 Å². The summed E-state index contributed by atoms with van der Waals surface area (Å²) in [6, 6.07) is 19.2. The second-order valence-corrected chi connectivity index (χ2v) is 4.41. The van der Waals surface area contributed by atoms with Crippen LogP contribution in [0.2, 0.25) is 0 Å². The van der Waals surface area contributed by atoms with E-state index in [1.807, 2.05) is 36.4 Å². The van der Waals surface area contributed by atoms with E-state index in [1.165, 1.54) is 12.1 Å².